The molecule has 2 aromatic rings. The maximum atomic E-state index is 5.83. The Balaban J connectivity index is 1.64. The van der Waals surface area contributed by atoms with E-state index in [0.717, 1.165) is 35.6 Å². The second-order valence-corrected chi connectivity index (χ2v) is 5.72. The number of fused-ring (bicyclic) bond motifs is 1. The monoisotopic (exact) mass is 314 g/mol. The van der Waals surface area contributed by atoms with Crippen LogP contribution in [-0.4, -0.2) is 25.3 Å². The van der Waals surface area contributed by atoms with Gasteiger partial charge in [-0.2, -0.15) is 0 Å². The van der Waals surface area contributed by atoms with Gasteiger partial charge in [-0.3, -0.25) is 0 Å². The minimum Gasteiger partial charge on any atom is -0.496 e. The molecular weight excluding hydrogens is 292 g/mol. The molecule has 1 aromatic carbocycles. The van der Waals surface area contributed by atoms with Crippen LogP contribution in [0.1, 0.15) is 23.6 Å². The second kappa shape index (κ2) is 6.87. The Morgan fingerprint density at radius 3 is 2.78 bits per heavy atom. The summed E-state index contributed by atoms with van der Waals surface area (Å²) in [6.07, 6.45) is 3.00. The van der Waals surface area contributed by atoms with Gasteiger partial charge < -0.3 is 19.5 Å². The van der Waals surface area contributed by atoms with Gasteiger partial charge in [-0.05, 0) is 24.6 Å². The van der Waals surface area contributed by atoms with Crippen molar-refractivity contribution in [3.8, 4) is 17.4 Å². The number of pyridine rings is 1. The topological polar surface area (TPSA) is 52.6 Å². The van der Waals surface area contributed by atoms with Crippen LogP contribution in [0.15, 0.2) is 30.5 Å². The number of hydrogen-bond donors (Lipinski definition) is 1. The molecule has 122 valence electrons. The minimum absolute atomic E-state index is 0.239. The van der Waals surface area contributed by atoms with Gasteiger partial charge in [0.2, 0.25) is 5.88 Å². The molecule has 1 N–H and O–H groups in total. The molecule has 0 amide bonds. The molecule has 0 spiro atoms. The molecule has 0 saturated heterocycles. The zero-order valence-corrected chi connectivity index (χ0v) is 13.8. The van der Waals surface area contributed by atoms with Crippen molar-refractivity contribution in [2.75, 3.05) is 14.2 Å². The molecule has 0 aliphatic carbocycles. The first-order valence-corrected chi connectivity index (χ1v) is 7.75. The Morgan fingerprint density at radius 2 is 2.09 bits per heavy atom. The van der Waals surface area contributed by atoms with Crippen LogP contribution in [0, 0.1) is 0 Å². The number of rotatable bonds is 6. The summed E-state index contributed by atoms with van der Waals surface area (Å²) in [5.41, 5.74) is 3.43. The highest BCUT2D eigenvalue weighted by Crippen LogP contribution is 2.34. The molecule has 0 fully saturated rings. The zero-order chi connectivity index (χ0) is 16.2. The number of ether oxygens (including phenoxy) is 3. The third-order valence-corrected chi connectivity index (χ3v) is 3.95. The van der Waals surface area contributed by atoms with Gasteiger partial charge in [-0.1, -0.05) is 6.07 Å². The first-order chi connectivity index (χ1) is 11.2. The van der Waals surface area contributed by atoms with Crippen LogP contribution in [0.2, 0.25) is 0 Å². The summed E-state index contributed by atoms with van der Waals surface area (Å²) < 4.78 is 16.4. The van der Waals surface area contributed by atoms with E-state index in [0.29, 0.717) is 12.4 Å². The zero-order valence-electron chi connectivity index (χ0n) is 13.8. The van der Waals surface area contributed by atoms with Crippen molar-refractivity contribution in [1.29, 1.82) is 0 Å². The van der Waals surface area contributed by atoms with Crippen molar-refractivity contribution < 1.29 is 14.2 Å². The molecule has 23 heavy (non-hydrogen) atoms. The number of hydrogen-bond acceptors (Lipinski definition) is 5. The number of methoxy groups -OCH3 is 2. The Kier molecular flexibility index (Phi) is 4.67. The van der Waals surface area contributed by atoms with E-state index in [-0.39, 0.29) is 6.10 Å². The highest BCUT2D eigenvalue weighted by Gasteiger charge is 2.21. The molecule has 5 nitrogen and oxygen atoms in total. The average molecular weight is 314 g/mol. The van der Waals surface area contributed by atoms with Gasteiger partial charge in [-0.15, -0.1) is 0 Å². The van der Waals surface area contributed by atoms with Crippen molar-refractivity contribution in [3.05, 3.63) is 47.2 Å². The van der Waals surface area contributed by atoms with Crippen LogP contribution in [-0.2, 0) is 19.5 Å². The molecule has 0 bridgehead atoms. The highest BCUT2D eigenvalue weighted by molar-refractivity contribution is 5.48. The van der Waals surface area contributed by atoms with Crippen molar-refractivity contribution in [2.45, 2.75) is 32.5 Å². The fourth-order valence-electron chi connectivity index (χ4n) is 2.79. The molecule has 0 unspecified atom stereocenters. The van der Waals surface area contributed by atoms with Crippen molar-refractivity contribution in [3.63, 3.8) is 0 Å². The Morgan fingerprint density at radius 1 is 1.22 bits per heavy atom. The predicted octanol–water partition coefficient (Wildman–Crippen LogP) is 2.71. The van der Waals surface area contributed by atoms with E-state index in [1.807, 2.05) is 18.3 Å². The number of benzene rings is 1. The van der Waals surface area contributed by atoms with Crippen LogP contribution in [0.4, 0.5) is 0 Å². The molecular formula is C18H22N2O3. The summed E-state index contributed by atoms with van der Waals surface area (Å²) in [5.74, 6) is 2.50. The maximum absolute atomic E-state index is 5.83. The summed E-state index contributed by atoms with van der Waals surface area (Å²) in [6, 6.07) is 8.04. The lowest BCUT2D eigenvalue weighted by Gasteiger charge is -2.12. The summed E-state index contributed by atoms with van der Waals surface area (Å²) in [7, 11) is 3.32. The Bertz CT molecular complexity index is 671. The van der Waals surface area contributed by atoms with E-state index in [1.54, 1.807) is 14.2 Å². The lowest BCUT2D eigenvalue weighted by molar-refractivity contribution is 0.254. The van der Waals surface area contributed by atoms with E-state index in [1.165, 1.54) is 5.56 Å². The first-order valence-electron chi connectivity index (χ1n) is 7.75. The van der Waals surface area contributed by atoms with E-state index in [2.05, 4.69) is 29.4 Å². The van der Waals surface area contributed by atoms with Crippen molar-refractivity contribution in [2.24, 2.45) is 0 Å². The minimum atomic E-state index is 0.239. The summed E-state index contributed by atoms with van der Waals surface area (Å²) in [5, 5.41) is 3.42. The van der Waals surface area contributed by atoms with E-state index in [9.17, 15) is 0 Å². The van der Waals surface area contributed by atoms with Crippen LogP contribution < -0.4 is 19.5 Å². The molecule has 1 atom stereocenters. The lowest BCUT2D eigenvalue weighted by atomic mass is 10.1. The fourth-order valence-corrected chi connectivity index (χ4v) is 2.79. The van der Waals surface area contributed by atoms with Gasteiger partial charge in [0.15, 0.2) is 0 Å². The van der Waals surface area contributed by atoms with Crippen LogP contribution >= 0.6 is 0 Å². The third-order valence-electron chi connectivity index (χ3n) is 3.95. The van der Waals surface area contributed by atoms with Gasteiger partial charge in [0, 0.05) is 42.9 Å². The lowest BCUT2D eigenvalue weighted by Crippen LogP contribution is -2.13. The van der Waals surface area contributed by atoms with Crippen molar-refractivity contribution >= 4 is 0 Å². The van der Waals surface area contributed by atoms with Gasteiger partial charge in [0.05, 0.1) is 14.2 Å². The molecule has 1 aromatic heterocycles. The molecule has 0 radical (unpaired) electrons. The predicted molar refractivity (Wildman–Crippen MR) is 88.1 cm³/mol. The quantitative estimate of drug-likeness (QED) is 0.888. The van der Waals surface area contributed by atoms with E-state index >= 15 is 0 Å². The smallest absolute Gasteiger partial charge is 0.212 e. The molecule has 1 aliphatic heterocycles. The molecule has 0 saturated carbocycles. The summed E-state index contributed by atoms with van der Waals surface area (Å²) >= 11 is 0. The van der Waals surface area contributed by atoms with Gasteiger partial charge >= 0.3 is 0 Å². The highest BCUT2D eigenvalue weighted by atomic mass is 16.5. The summed E-state index contributed by atoms with van der Waals surface area (Å²) in [6.45, 7) is 3.52. The van der Waals surface area contributed by atoms with E-state index < -0.39 is 0 Å². The van der Waals surface area contributed by atoms with Crippen LogP contribution in [0.5, 0.6) is 17.4 Å². The number of aromatic nitrogens is 1. The summed E-state index contributed by atoms with van der Waals surface area (Å²) in [4.78, 5) is 4.21. The third kappa shape index (κ3) is 3.56. The number of nitrogens with one attached hydrogen (secondary N) is 1. The average Bonchev–Trinajstić information content (AvgIpc) is 2.93. The molecule has 3 rings (SSSR count). The molecule has 2 heterocycles. The second-order valence-electron chi connectivity index (χ2n) is 5.72. The fraction of sp³-hybridized carbons (Fsp3) is 0.389. The van der Waals surface area contributed by atoms with Crippen molar-refractivity contribution in [1.82, 2.24) is 10.3 Å². The largest absolute Gasteiger partial charge is 0.496 e. The normalized spacial score (nSPS) is 15.9. The van der Waals surface area contributed by atoms with Gasteiger partial charge in [0.25, 0.3) is 0 Å². The maximum Gasteiger partial charge on any atom is 0.212 e. The molecule has 1 aliphatic rings. The van der Waals surface area contributed by atoms with Crippen LogP contribution in [0.25, 0.3) is 0 Å². The Labute approximate surface area is 136 Å². The first kappa shape index (κ1) is 15.6. The van der Waals surface area contributed by atoms with Crippen LogP contribution in [0.3, 0.4) is 0 Å². The standard InChI is InChI=1S/C18H22N2O3/c1-12-6-14-7-16(21-2)15(8-17(14)23-12)11-19-9-13-4-5-18(22-3)20-10-13/h4-5,7-8,10,12,19H,6,9,11H2,1-3H3/t12-/m0/s1. The van der Waals surface area contributed by atoms with Gasteiger partial charge in [-0.25, -0.2) is 4.98 Å². The van der Waals surface area contributed by atoms with Gasteiger partial charge in [0.1, 0.15) is 17.6 Å². The SMILES string of the molecule is COc1ccc(CNCc2cc3c(cc2OC)C[C@H](C)O3)cn1. The Hall–Kier alpha value is -2.27. The number of nitrogens with zero attached hydrogens (tertiary/aromatic N) is 1. The van der Waals surface area contributed by atoms with E-state index in [4.69, 9.17) is 14.2 Å². The molecule has 5 heteroatoms.